The van der Waals surface area contributed by atoms with E-state index in [4.69, 9.17) is 4.98 Å². The Morgan fingerprint density at radius 2 is 1.69 bits per heavy atom. The summed E-state index contributed by atoms with van der Waals surface area (Å²) in [6.07, 6.45) is 3.19. The number of imide groups is 1. The van der Waals surface area contributed by atoms with Crippen LogP contribution in [0.3, 0.4) is 0 Å². The lowest BCUT2D eigenvalue weighted by atomic mass is 9.81. The first-order valence-corrected chi connectivity index (χ1v) is 21.8. The molecule has 0 bridgehead atoms. The molecule has 5 heterocycles. The number of piperidine rings is 2. The molecule has 3 aliphatic heterocycles. The zero-order valence-corrected chi connectivity index (χ0v) is 35.1. The van der Waals surface area contributed by atoms with Gasteiger partial charge in [-0.1, -0.05) is 24.8 Å². The number of anilines is 2. The van der Waals surface area contributed by atoms with Crippen molar-refractivity contribution in [2.24, 2.45) is 11.8 Å². The van der Waals surface area contributed by atoms with Gasteiger partial charge in [0, 0.05) is 53.6 Å². The largest absolute Gasteiger partial charge is 0.433 e. The molecule has 2 aromatic carbocycles. The molecule has 4 N–H and O–H groups in total. The zero-order chi connectivity index (χ0) is 43.2. The van der Waals surface area contributed by atoms with Crippen LogP contribution < -0.4 is 16.0 Å². The highest BCUT2D eigenvalue weighted by Gasteiger charge is 2.42. The maximum absolute atomic E-state index is 13.6. The lowest BCUT2D eigenvalue weighted by molar-refractivity contribution is -0.141. The number of hydrogen-bond donors (Lipinski definition) is 4. The highest BCUT2D eigenvalue weighted by Crippen LogP contribution is 2.43. The summed E-state index contributed by atoms with van der Waals surface area (Å²) in [6, 6.07) is 11.5. The van der Waals surface area contributed by atoms with Gasteiger partial charge in [0.1, 0.15) is 17.4 Å². The molecule has 1 aliphatic carbocycles. The summed E-state index contributed by atoms with van der Waals surface area (Å²) in [5.74, 6) is -0.398. The first-order chi connectivity index (χ1) is 29.0. The maximum atomic E-state index is 13.6. The fraction of sp³-hybridized carbons (Fsp3) is 0.467. The van der Waals surface area contributed by atoms with Gasteiger partial charge in [0.15, 0.2) is 0 Å². The van der Waals surface area contributed by atoms with Gasteiger partial charge in [0.25, 0.3) is 11.8 Å². The molecule has 4 aliphatic rings. The molecule has 4 amide bonds. The Morgan fingerprint density at radius 1 is 0.951 bits per heavy atom. The van der Waals surface area contributed by atoms with Gasteiger partial charge in [-0.3, -0.25) is 29.4 Å². The van der Waals surface area contributed by atoms with E-state index in [1.807, 2.05) is 18.2 Å². The number of fused-ring (bicyclic) bond motifs is 2. The second-order valence-corrected chi connectivity index (χ2v) is 18.4. The van der Waals surface area contributed by atoms with Crippen LogP contribution in [0.4, 0.5) is 24.5 Å². The van der Waals surface area contributed by atoms with E-state index in [0.29, 0.717) is 51.3 Å². The quantitative estimate of drug-likeness (QED) is 0.110. The van der Waals surface area contributed by atoms with E-state index in [2.05, 4.69) is 32.4 Å². The lowest BCUT2D eigenvalue weighted by Gasteiger charge is -2.36. The molecule has 0 radical (unpaired) electrons. The number of likely N-dealkylation sites (tertiary alicyclic amines) is 1. The number of nitrogens with zero attached hydrogens (tertiary/aromatic N) is 4. The molecule has 2 saturated heterocycles. The number of rotatable bonds is 11. The van der Waals surface area contributed by atoms with Crippen LogP contribution in [0, 0.1) is 11.8 Å². The third-order valence-electron chi connectivity index (χ3n) is 12.6. The van der Waals surface area contributed by atoms with Crippen LogP contribution in [0.25, 0.3) is 15.9 Å². The predicted octanol–water partition coefficient (Wildman–Crippen LogP) is 7.91. The molecule has 1 atom stereocenters. The van der Waals surface area contributed by atoms with Crippen LogP contribution >= 0.6 is 11.3 Å². The molecule has 8 rings (SSSR count). The molecular weight excluding hydrogens is 808 g/mol. The average Bonchev–Trinajstić information content (AvgIpc) is 3.75. The van der Waals surface area contributed by atoms with E-state index in [0.717, 1.165) is 98.7 Å². The van der Waals surface area contributed by atoms with Crippen molar-refractivity contribution in [2.75, 3.05) is 36.8 Å². The Bertz CT molecular complexity index is 2380. The van der Waals surface area contributed by atoms with E-state index in [-0.39, 0.29) is 30.3 Å². The van der Waals surface area contributed by atoms with Gasteiger partial charge < -0.3 is 20.6 Å². The molecule has 0 spiro atoms. The SMILES string of the molecule is C=C1c2cccc(NCCC3CCN(C[C@H]4CC[C@H](c5nc6cc(C(C)(C)O)c(NC(=O)c7cccc(C(F)(F)F)n7)cc6s5)CC4)CC3)c2C(=O)N1C1CCC(=O)NC1=O. The Hall–Kier alpha value is -5.19. The monoisotopic (exact) mass is 857 g/mol. The van der Waals surface area contributed by atoms with Crippen molar-refractivity contribution in [3.05, 3.63) is 88.2 Å². The number of halogens is 3. The summed E-state index contributed by atoms with van der Waals surface area (Å²) in [7, 11) is 0. The van der Waals surface area contributed by atoms with Crippen LogP contribution in [0.5, 0.6) is 0 Å². The van der Waals surface area contributed by atoms with Crippen molar-refractivity contribution < 1.29 is 37.5 Å². The topological polar surface area (TPSA) is 157 Å². The molecule has 1 saturated carbocycles. The summed E-state index contributed by atoms with van der Waals surface area (Å²) in [6.45, 7) is 11.2. The minimum Gasteiger partial charge on any atom is -0.386 e. The number of aromatic nitrogens is 2. The highest BCUT2D eigenvalue weighted by molar-refractivity contribution is 7.18. The summed E-state index contributed by atoms with van der Waals surface area (Å²) in [5, 5.41) is 20.5. The van der Waals surface area contributed by atoms with Crippen LogP contribution in [-0.4, -0.2) is 80.7 Å². The smallest absolute Gasteiger partial charge is 0.386 e. The Morgan fingerprint density at radius 3 is 2.39 bits per heavy atom. The highest BCUT2D eigenvalue weighted by atomic mass is 32.1. The van der Waals surface area contributed by atoms with Gasteiger partial charge in [-0.2, -0.15) is 13.2 Å². The molecule has 322 valence electrons. The molecule has 2 aromatic heterocycles. The number of thiazole rings is 1. The van der Waals surface area contributed by atoms with Gasteiger partial charge in [0.05, 0.1) is 26.4 Å². The van der Waals surface area contributed by atoms with Gasteiger partial charge in [0.2, 0.25) is 11.8 Å². The third kappa shape index (κ3) is 9.07. The van der Waals surface area contributed by atoms with E-state index in [1.165, 1.54) is 11.0 Å². The normalized spacial score (nSPS) is 21.8. The number of hydrogen-bond acceptors (Lipinski definition) is 10. The predicted molar refractivity (Wildman–Crippen MR) is 227 cm³/mol. The minimum atomic E-state index is -4.69. The molecule has 12 nitrogen and oxygen atoms in total. The average molecular weight is 858 g/mol. The van der Waals surface area contributed by atoms with Crippen LogP contribution in [0.2, 0.25) is 0 Å². The summed E-state index contributed by atoms with van der Waals surface area (Å²) >= 11 is 1.55. The number of benzene rings is 2. The van der Waals surface area contributed by atoms with Crippen LogP contribution in [0.1, 0.15) is 120 Å². The molecular formula is C45H50F3N7O5S. The number of aliphatic hydroxyl groups is 1. The van der Waals surface area contributed by atoms with E-state index < -0.39 is 35.3 Å². The van der Waals surface area contributed by atoms with Crippen LogP contribution in [0.15, 0.2) is 55.1 Å². The third-order valence-corrected chi connectivity index (χ3v) is 13.8. The molecule has 4 aromatic rings. The summed E-state index contributed by atoms with van der Waals surface area (Å²) < 4.78 is 40.6. The standard InChI is InChI=1S/C45H50F3N7O5S/c1-25-29-6-4-7-31(39(29)43(59)55(25)35-14-15-38(56)53-41(35)58)49-19-16-26-17-20-54(21-18-26)24-27-10-12-28(13-11-27)42-52-34-22-30(44(2,3)60)33(23-36(34)61-42)51-40(57)32-8-5-9-37(50-32)45(46,47)48/h4-9,22-23,26-28,35,49,60H,1,10-21,24H2,2-3H3,(H,51,57)(H,53,56,58)/t27-,28-,35?. The minimum absolute atomic E-state index is 0.182. The van der Waals surface area contributed by atoms with Crippen molar-refractivity contribution >= 4 is 62.3 Å². The Labute approximate surface area is 356 Å². The fourth-order valence-corrected chi connectivity index (χ4v) is 10.5. The number of alkyl halides is 3. The first-order valence-electron chi connectivity index (χ1n) is 21.0. The fourth-order valence-electron chi connectivity index (χ4n) is 9.31. The van der Waals surface area contributed by atoms with Crippen LogP contribution in [-0.2, 0) is 21.4 Å². The van der Waals surface area contributed by atoms with Gasteiger partial charge in [-0.25, -0.2) is 9.97 Å². The van der Waals surface area contributed by atoms with E-state index >= 15 is 0 Å². The number of amides is 4. The molecule has 61 heavy (non-hydrogen) atoms. The van der Waals surface area contributed by atoms with Gasteiger partial charge >= 0.3 is 6.18 Å². The Balaban J connectivity index is 0.811. The second-order valence-electron chi connectivity index (χ2n) is 17.3. The number of pyridine rings is 1. The molecule has 3 fully saturated rings. The van der Waals surface area contributed by atoms with Crippen molar-refractivity contribution in [1.82, 2.24) is 25.1 Å². The lowest BCUT2D eigenvalue weighted by Crippen LogP contribution is -2.52. The van der Waals surface area contributed by atoms with Crippen molar-refractivity contribution in [1.29, 1.82) is 0 Å². The Kier molecular flexibility index (Phi) is 11.8. The molecule has 16 heteroatoms. The molecule has 1 unspecified atom stereocenters. The number of carbonyl (C=O) groups excluding carboxylic acids is 4. The van der Waals surface area contributed by atoms with E-state index in [1.54, 1.807) is 37.3 Å². The van der Waals surface area contributed by atoms with Crippen molar-refractivity contribution in [2.45, 2.75) is 95.4 Å². The van der Waals surface area contributed by atoms with Gasteiger partial charge in [-0.15, -0.1) is 11.3 Å². The zero-order valence-electron chi connectivity index (χ0n) is 34.2. The van der Waals surface area contributed by atoms with E-state index in [9.17, 15) is 37.5 Å². The maximum Gasteiger partial charge on any atom is 0.433 e. The van der Waals surface area contributed by atoms with Gasteiger partial charge in [-0.05, 0) is 120 Å². The summed E-state index contributed by atoms with van der Waals surface area (Å²) in [5.41, 5.74) is 0.960. The summed E-state index contributed by atoms with van der Waals surface area (Å²) in [4.78, 5) is 63.5. The first kappa shape index (κ1) is 42.5. The second kappa shape index (κ2) is 16.9. The number of nitrogens with one attached hydrogen (secondary N) is 3. The van der Waals surface area contributed by atoms with Crippen molar-refractivity contribution in [3.63, 3.8) is 0 Å². The van der Waals surface area contributed by atoms with Crippen molar-refractivity contribution in [3.8, 4) is 0 Å². The number of carbonyl (C=O) groups is 4.